The van der Waals surface area contributed by atoms with Gasteiger partial charge < -0.3 is 9.64 Å². The van der Waals surface area contributed by atoms with E-state index in [0.717, 1.165) is 37.0 Å². The number of hydrogen-bond acceptors (Lipinski definition) is 4. The van der Waals surface area contributed by atoms with Crippen LogP contribution in [0.1, 0.15) is 48.5 Å². The number of benzene rings is 2. The van der Waals surface area contributed by atoms with Gasteiger partial charge in [0.2, 0.25) is 10.0 Å². The van der Waals surface area contributed by atoms with Gasteiger partial charge in [-0.15, -0.1) is 0 Å². The zero-order chi connectivity index (χ0) is 22.0. The Bertz CT molecular complexity index is 1030. The molecule has 4 rings (SSSR count). The quantitative estimate of drug-likeness (QED) is 0.621. The van der Waals surface area contributed by atoms with Gasteiger partial charge in [0.05, 0.1) is 12.0 Å². The van der Waals surface area contributed by atoms with Crippen LogP contribution in [0, 0.1) is 5.92 Å². The molecule has 1 saturated carbocycles. The summed E-state index contributed by atoms with van der Waals surface area (Å²) in [5, 5.41) is 0. The van der Waals surface area contributed by atoms with Crippen LogP contribution >= 0.6 is 0 Å². The minimum Gasteiger partial charge on any atom is -0.497 e. The molecule has 0 radical (unpaired) electrons. The van der Waals surface area contributed by atoms with Crippen molar-refractivity contribution >= 4 is 15.9 Å². The number of rotatable bonds is 8. The van der Waals surface area contributed by atoms with Gasteiger partial charge in [-0.1, -0.05) is 18.2 Å². The summed E-state index contributed by atoms with van der Waals surface area (Å²) in [6.07, 6.45) is 4.01. The molecule has 0 spiro atoms. The predicted octanol–water partition coefficient (Wildman–Crippen LogP) is 3.92. The molecule has 1 heterocycles. The molecule has 7 heteroatoms. The first-order chi connectivity index (χ1) is 14.9. The smallest absolute Gasteiger partial charge is 0.254 e. The van der Waals surface area contributed by atoms with E-state index in [-0.39, 0.29) is 16.8 Å². The van der Waals surface area contributed by atoms with Crippen LogP contribution in [0.25, 0.3) is 0 Å². The summed E-state index contributed by atoms with van der Waals surface area (Å²) in [5.41, 5.74) is 1.43. The Morgan fingerprint density at radius 3 is 2.42 bits per heavy atom. The van der Waals surface area contributed by atoms with Crippen LogP contribution in [0.15, 0.2) is 53.4 Å². The van der Waals surface area contributed by atoms with Crippen molar-refractivity contribution in [3.05, 3.63) is 59.7 Å². The molecule has 1 atom stereocenters. The predicted molar refractivity (Wildman–Crippen MR) is 119 cm³/mol. The number of carbonyl (C=O) groups excluding carboxylic acids is 1. The summed E-state index contributed by atoms with van der Waals surface area (Å²) in [5.74, 6) is 1.14. The molecule has 1 saturated heterocycles. The number of ether oxygens (including phenoxy) is 1. The lowest BCUT2D eigenvalue weighted by Crippen LogP contribution is -2.39. The molecule has 0 bridgehead atoms. The van der Waals surface area contributed by atoms with E-state index >= 15 is 0 Å². The molecular weight excluding hydrogens is 412 g/mol. The molecule has 2 aliphatic rings. The second-order valence-electron chi connectivity index (χ2n) is 8.50. The first-order valence-corrected chi connectivity index (χ1v) is 12.4. The van der Waals surface area contributed by atoms with Crippen molar-refractivity contribution in [2.75, 3.05) is 20.2 Å². The van der Waals surface area contributed by atoms with Crippen molar-refractivity contribution in [3.8, 4) is 5.75 Å². The fraction of sp³-hybridized carbons (Fsp3) is 0.458. The monoisotopic (exact) mass is 442 g/mol. The van der Waals surface area contributed by atoms with Crippen LogP contribution in [0.5, 0.6) is 5.75 Å². The summed E-state index contributed by atoms with van der Waals surface area (Å²) in [6, 6.07) is 14.3. The largest absolute Gasteiger partial charge is 0.497 e. The third-order valence-corrected chi connectivity index (χ3v) is 8.25. The number of sulfonamides is 1. The molecule has 2 fully saturated rings. The lowest BCUT2D eigenvalue weighted by atomic mass is 10.1. The van der Waals surface area contributed by atoms with Gasteiger partial charge in [0.25, 0.3) is 5.91 Å². The number of methoxy groups -OCH3 is 1. The van der Waals surface area contributed by atoms with E-state index in [9.17, 15) is 13.2 Å². The van der Waals surface area contributed by atoms with Crippen molar-refractivity contribution in [3.63, 3.8) is 0 Å². The number of carbonyl (C=O) groups is 1. The number of nitrogens with zero attached hydrogens (tertiary/aromatic N) is 2. The zero-order valence-electron chi connectivity index (χ0n) is 18.2. The first kappa shape index (κ1) is 21.8. The molecule has 1 aliphatic heterocycles. The van der Waals surface area contributed by atoms with Crippen LogP contribution < -0.4 is 4.74 Å². The lowest BCUT2D eigenvalue weighted by molar-refractivity contribution is 0.0654. The maximum absolute atomic E-state index is 13.5. The highest BCUT2D eigenvalue weighted by Gasteiger charge is 2.35. The van der Waals surface area contributed by atoms with Gasteiger partial charge in [0.15, 0.2) is 0 Å². The standard InChI is InChI=1S/C24H30N2O4S/c1-18(20-10-11-20)26(17-19-8-12-22(30-2)13-9-19)24(27)21-6-5-7-23(16-21)31(28,29)25-14-3-4-15-25/h5-9,12-13,16,18,20H,3-4,10-11,14-15,17H2,1-2H3. The average molecular weight is 443 g/mol. The molecule has 2 aromatic rings. The van der Waals surface area contributed by atoms with E-state index < -0.39 is 10.0 Å². The first-order valence-electron chi connectivity index (χ1n) is 10.9. The molecule has 1 unspecified atom stereocenters. The van der Waals surface area contributed by atoms with Crippen molar-refractivity contribution in [2.24, 2.45) is 5.92 Å². The molecule has 1 amide bonds. The van der Waals surface area contributed by atoms with E-state index in [2.05, 4.69) is 6.92 Å². The maximum Gasteiger partial charge on any atom is 0.254 e. The van der Waals surface area contributed by atoms with E-state index in [1.165, 1.54) is 10.4 Å². The van der Waals surface area contributed by atoms with E-state index in [1.807, 2.05) is 29.2 Å². The molecule has 0 N–H and O–H groups in total. The van der Waals surface area contributed by atoms with E-state index in [0.29, 0.717) is 31.1 Å². The Labute approximate surface area is 184 Å². The highest BCUT2D eigenvalue weighted by Crippen LogP contribution is 2.36. The summed E-state index contributed by atoms with van der Waals surface area (Å²) < 4.78 is 32.7. The van der Waals surface area contributed by atoms with Gasteiger partial charge in [-0.25, -0.2) is 8.42 Å². The van der Waals surface area contributed by atoms with E-state index in [4.69, 9.17) is 4.74 Å². The molecule has 166 valence electrons. The van der Waals surface area contributed by atoms with Gasteiger partial charge in [0, 0.05) is 31.2 Å². The topological polar surface area (TPSA) is 66.9 Å². The van der Waals surface area contributed by atoms with Gasteiger partial charge in [-0.3, -0.25) is 4.79 Å². The van der Waals surface area contributed by atoms with Crippen LogP contribution in [-0.4, -0.2) is 49.8 Å². The van der Waals surface area contributed by atoms with Gasteiger partial charge in [-0.2, -0.15) is 4.31 Å². The van der Waals surface area contributed by atoms with Crippen LogP contribution in [0.3, 0.4) is 0 Å². The minimum absolute atomic E-state index is 0.0912. The van der Waals surface area contributed by atoms with Crippen molar-refractivity contribution in [1.29, 1.82) is 0 Å². The van der Waals surface area contributed by atoms with Crippen molar-refractivity contribution < 1.29 is 17.9 Å². The van der Waals surface area contributed by atoms with E-state index in [1.54, 1.807) is 25.3 Å². The fourth-order valence-electron chi connectivity index (χ4n) is 4.19. The van der Waals surface area contributed by atoms with Crippen molar-refractivity contribution in [2.45, 2.75) is 50.1 Å². The summed E-state index contributed by atoms with van der Waals surface area (Å²) in [7, 11) is -1.93. The highest BCUT2D eigenvalue weighted by atomic mass is 32.2. The van der Waals surface area contributed by atoms with Gasteiger partial charge in [-0.05, 0) is 74.4 Å². The fourth-order valence-corrected chi connectivity index (χ4v) is 5.76. The Balaban J connectivity index is 1.60. The lowest BCUT2D eigenvalue weighted by Gasteiger charge is -2.30. The summed E-state index contributed by atoms with van der Waals surface area (Å²) in [6.45, 7) is 3.65. The summed E-state index contributed by atoms with van der Waals surface area (Å²) in [4.78, 5) is 15.6. The molecule has 0 aromatic heterocycles. The van der Waals surface area contributed by atoms with Crippen LogP contribution in [-0.2, 0) is 16.6 Å². The average Bonchev–Trinajstić information content (AvgIpc) is 3.49. The number of hydrogen-bond donors (Lipinski definition) is 0. The van der Waals surface area contributed by atoms with Gasteiger partial charge >= 0.3 is 0 Å². The van der Waals surface area contributed by atoms with Crippen LogP contribution in [0.4, 0.5) is 0 Å². The maximum atomic E-state index is 13.5. The van der Waals surface area contributed by atoms with Crippen molar-refractivity contribution in [1.82, 2.24) is 9.21 Å². The third kappa shape index (κ3) is 4.77. The third-order valence-electron chi connectivity index (χ3n) is 6.35. The Morgan fingerprint density at radius 1 is 1.13 bits per heavy atom. The summed E-state index contributed by atoms with van der Waals surface area (Å²) >= 11 is 0. The molecule has 2 aromatic carbocycles. The normalized spacial score (nSPS) is 18.0. The second-order valence-corrected chi connectivity index (χ2v) is 10.4. The molecule has 1 aliphatic carbocycles. The van der Waals surface area contributed by atoms with Crippen LogP contribution in [0.2, 0.25) is 0 Å². The Morgan fingerprint density at radius 2 is 1.81 bits per heavy atom. The molecule has 6 nitrogen and oxygen atoms in total. The second kappa shape index (κ2) is 9.01. The highest BCUT2D eigenvalue weighted by molar-refractivity contribution is 7.89. The Hall–Kier alpha value is -2.38. The minimum atomic E-state index is -3.56. The number of amides is 1. The zero-order valence-corrected chi connectivity index (χ0v) is 19.0. The van der Waals surface area contributed by atoms with Gasteiger partial charge in [0.1, 0.15) is 5.75 Å². The Kier molecular flexibility index (Phi) is 6.34. The molecular formula is C24H30N2O4S. The SMILES string of the molecule is COc1ccc(CN(C(=O)c2cccc(S(=O)(=O)N3CCCC3)c2)C(C)C2CC2)cc1. The molecule has 31 heavy (non-hydrogen) atoms.